The average Bonchev–Trinajstić information content (AvgIpc) is 2.02. The highest BCUT2D eigenvalue weighted by Crippen LogP contribution is 1.99. The van der Waals surface area contributed by atoms with E-state index in [4.69, 9.17) is 0 Å². The fourth-order valence-electron chi connectivity index (χ4n) is 0.263. The molecule has 0 unspecified atom stereocenters. The summed E-state index contributed by atoms with van der Waals surface area (Å²) < 4.78 is 0. The maximum absolute atomic E-state index is 4.09. The van der Waals surface area contributed by atoms with E-state index in [2.05, 4.69) is 33.1 Å². The number of thiol groups is 1. The van der Waals surface area contributed by atoms with Gasteiger partial charge in [-0.15, -0.1) is 12.6 Å². The summed E-state index contributed by atoms with van der Waals surface area (Å²) >= 11 is 4.09. The van der Waals surface area contributed by atoms with Crippen LogP contribution in [0.2, 0.25) is 0 Å². The third kappa shape index (κ3) is 17.7. The van der Waals surface area contributed by atoms with Crippen LogP contribution in [0.25, 0.3) is 0 Å². The fourth-order valence-corrected chi connectivity index (χ4v) is 0.349. The van der Waals surface area contributed by atoms with E-state index >= 15 is 0 Å². The van der Waals surface area contributed by atoms with Crippen LogP contribution >= 0.6 is 12.6 Å². The Morgan fingerprint density at radius 3 is 2.18 bits per heavy atom. The highest BCUT2D eigenvalue weighted by atomic mass is 32.1. The van der Waals surface area contributed by atoms with Gasteiger partial charge in [0.05, 0.1) is 0 Å². The van der Waals surface area contributed by atoms with E-state index < -0.39 is 0 Å². The first kappa shape index (κ1) is 13.2. The number of rotatable bonds is 2. The van der Waals surface area contributed by atoms with Crippen molar-refractivity contribution in [1.82, 2.24) is 0 Å². The maximum Gasteiger partial charge on any atom is -0.000279 e. The van der Waals surface area contributed by atoms with Crippen LogP contribution in [-0.2, 0) is 0 Å². The highest BCUT2D eigenvalue weighted by molar-refractivity contribution is 7.84. The lowest BCUT2D eigenvalue weighted by atomic mass is 10.4. The third-order valence-corrected chi connectivity index (χ3v) is 1.11. The van der Waals surface area contributed by atoms with E-state index in [1.165, 1.54) is 6.42 Å². The van der Waals surface area contributed by atoms with Crippen molar-refractivity contribution >= 4 is 12.6 Å². The molecular weight excluding hydrogens is 152 g/mol. The summed E-state index contributed by atoms with van der Waals surface area (Å²) in [5.74, 6) is 0. The van der Waals surface area contributed by atoms with E-state index in [1.807, 2.05) is 25.2 Å². The van der Waals surface area contributed by atoms with Crippen LogP contribution in [0.15, 0.2) is 35.8 Å². The van der Waals surface area contributed by atoms with Gasteiger partial charge >= 0.3 is 0 Å². The Balaban J connectivity index is 0. The van der Waals surface area contributed by atoms with Gasteiger partial charge in [0.1, 0.15) is 0 Å². The van der Waals surface area contributed by atoms with Gasteiger partial charge in [-0.25, -0.2) is 0 Å². The first-order valence-corrected chi connectivity index (χ1v) is 4.31. The van der Waals surface area contributed by atoms with Crippen LogP contribution in [0.1, 0.15) is 27.2 Å². The zero-order valence-electron chi connectivity index (χ0n) is 7.67. The molecule has 0 bridgehead atoms. The van der Waals surface area contributed by atoms with Gasteiger partial charge in [0.2, 0.25) is 0 Å². The zero-order valence-corrected chi connectivity index (χ0v) is 8.57. The molecule has 0 N–H and O–H groups in total. The van der Waals surface area contributed by atoms with Crippen molar-refractivity contribution < 1.29 is 0 Å². The van der Waals surface area contributed by atoms with Crippen molar-refractivity contribution in [3.05, 3.63) is 35.8 Å². The van der Waals surface area contributed by atoms with Crippen molar-refractivity contribution in [1.29, 1.82) is 0 Å². The van der Waals surface area contributed by atoms with Crippen molar-refractivity contribution in [2.75, 3.05) is 0 Å². The van der Waals surface area contributed by atoms with E-state index in [9.17, 15) is 0 Å². The molecule has 0 fully saturated rings. The summed E-state index contributed by atoms with van der Waals surface area (Å²) in [4.78, 5) is 0.963. The van der Waals surface area contributed by atoms with Gasteiger partial charge in [0, 0.05) is 0 Å². The molecule has 0 saturated heterocycles. The first-order chi connectivity index (χ1) is 5.22. The minimum absolute atomic E-state index is 0.963. The summed E-state index contributed by atoms with van der Waals surface area (Å²) in [5.41, 5.74) is 0. The molecule has 0 saturated carbocycles. The number of allylic oxidation sites excluding steroid dienone is 4. The normalized spacial score (nSPS) is 10.7. The lowest BCUT2D eigenvalue weighted by Crippen LogP contribution is -1.56. The Labute approximate surface area is 76.1 Å². The molecule has 0 rings (SSSR count). The topological polar surface area (TPSA) is 0 Å². The highest BCUT2D eigenvalue weighted by Gasteiger charge is 1.72. The van der Waals surface area contributed by atoms with Gasteiger partial charge in [-0.05, 0) is 17.9 Å². The summed E-state index contributed by atoms with van der Waals surface area (Å²) in [6, 6.07) is 0. The molecule has 1 heteroatoms. The largest absolute Gasteiger partial charge is 0.144 e. The second-order valence-corrected chi connectivity index (χ2v) is 2.53. The van der Waals surface area contributed by atoms with Crippen LogP contribution in [0.5, 0.6) is 0 Å². The third-order valence-electron chi connectivity index (χ3n) is 0.699. The monoisotopic (exact) mass is 170 g/mol. The van der Waals surface area contributed by atoms with Crippen LogP contribution in [0.4, 0.5) is 0 Å². The molecule has 0 aromatic rings. The fraction of sp³-hybridized carbons (Fsp3) is 0.400. The van der Waals surface area contributed by atoms with E-state index in [0.717, 1.165) is 4.91 Å². The summed E-state index contributed by atoms with van der Waals surface area (Å²) in [7, 11) is 0. The van der Waals surface area contributed by atoms with Crippen molar-refractivity contribution in [2.45, 2.75) is 27.2 Å². The SMILES string of the molecule is C=C/C=C\C(S)=C/C.CCC. The molecule has 11 heavy (non-hydrogen) atoms. The molecular formula is C10H18S. The summed E-state index contributed by atoms with van der Waals surface area (Å²) in [6.07, 6.45) is 8.63. The van der Waals surface area contributed by atoms with E-state index in [-0.39, 0.29) is 0 Å². The van der Waals surface area contributed by atoms with Crippen LogP contribution in [0, 0.1) is 0 Å². The number of hydrogen-bond acceptors (Lipinski definition) is 1. The molecule has 0 radical (unpaired) electrons. The Morgan fingerprint density at radius 1 is 1.45 bits per heavy atom. The molecule has 64 valence electrons. The van der Waals surface area contributed by atoms with Gasteiger partial charge in [-0.1, -0.05) is 45.1 Å². The maximum atomic E-state index is 4.09. The lowest BCUT2D eigenvalue weighted by Gasteiger charge is -1.81. The van der Waals surface area contributed by atoms with Crippen molar-refractivity contribution in [2.24, 2.45) is 0 Å². The average molecular weight is 170 g/mol. The molecule has 0 spiro atoms. The van der Waals surface area contributed by atoms with E-state index in [1.54, 1.807) is 6.08 Å². The van der Waals surface area contributed by atoms with Crippen LogP contribution in [-0.4, -0.2) is 0 Å². The standard InChI is InChI=1S/C7H10S.C3H8/c1-3-5-6-7(8)4-2;1-3-2/h3-6,8H,1H2,2H3;3H2,1-2H3/b6-5-,7-4+;. The summed E-state index contributed by atoms with van der Waals surface area (Å²) in [5, 5.41) is 0. The number of hydrogen-bond donors (Lipinski definition) is 1. The van der Waals surface area contributed by atoms with E-state index in [0.29, 0.717) is 0 Å². The smallest absolute Gasteiger partial charge is 0.000279 e. The molecule has 0 amide bonds. The predicted octanol–water partition coefficient (Wildman–Crippen LogP) is 3.98. The predicted molar refractivity (Wildman–Crippen MR) is 58.0 cm³/mol. The molecule has 0 aliphatic heterocycles. The van der Waals surface area contributed by atoms with Gasteiger partial charge in [0.25, 0.3) is 0 Å². The summed E-state index contributed by atoms with van der Waals surface area (Å²) in [6.45, 7) is 9.71. The first-order valence-electron chi connectivity index (χ1n) is 3.87. The van der Waals surface area contributed by atoms with Crippen molar-refractivity contribution in [3.63, 3.8) is 0 Å². The van der Waals surface area contributed by atoms with Gasteiger partial charge < -0.3 is 0 Å². The second-order valence-electron chi connectivity index (χ2n) is 2.02. The molecule has 0 heterocycles. The van der Waals surface area contributed by atoms with Crippen LogP contribution < -0.4 is 0 Å². The zero-order chi connectivity index (χ0) is 9.11. The van der Waals surface area contributed by atoms with Gasteiger partial charge in [-0.2, -0.15) is 0 Å². The minimum Gasteiger partial charge on any atom is -0.144 e. The molecule has 0 atom stereocenters. The van der Waals surface area contributed by atoms with Crippen molar-refractivity contribution in [3.8, 4) is 0 Å². The Kier molecular flexibility index (Phi) is 14.7. The van der Waals surface area contributed by atoms with Crippen LogP contribution in [0.3, 0.4) is 0 Å². The lowest BCUT2D eigenvalue weighted by molar-refractivity contribution is 1.09. The molecule has 0 aliphatic carbocycles. The Bertz CT molecular complexity index is 132. The Morgan fingerprint density at radius 2 is 1.91 bits per heavy atom. The van der Waals surface area contributed by atoms with Gasteiger partial charge in [0.15, 0.2) is 0 Å². The quantitative estimate of drug-likeness (QED) is 0.470. The molecule has 0 aromatic carbocycles. The van der Waals surface area contributed by atoms with Gasteiger partial charge in [-0.3, -0.25) is 0 Å². The molecule has 0 aromatic heterocycles. The minimum atomic E-state index is 0.963. The second kappa shape index (κ2) is 12.3. The molecule has 0 aliphatic rings. The Hall–Kier alpha value is -0.430. The molecule has 0 nitrogen and oxygen atoms in total.